The number of aromatic nitrogens is 1. The minimum Gasteiger partial charge on any atom is -0.459 e. The third kappa shape index (κ3) is 3.80. The quantitative estimate of drug-likeness (QED) is 0.370. The van der Waals surface area contributed by atoms with Gasteiger partial charge in [0.15, 0.2) is 5.11 Å². The van der Waals surface area contributed by atoms with E-state index in [-0.39, 0.29) is 17.9 Å². The normalized spacial score (nSPS) is 18.3. The number of pyridine rings is 1. The number of anilines is 1. The fourth-order valence-electron chi connectivity index (χ4n) is 3.80. The molecule has 2 unspecified atom stereocenters. The minimum absolute atomic E-state index is 0.211. The molecule has 0 radical (unpaired) electrons. The molecule has 1 aliphatic heterocycles. The second kappa shape index (κ2) is 8.13. The van der Waals surface area contributed by atoms with E-state index in [1.807, 2.05) is 59.5 Å². The van der Waals surface area contributed by atoms with Crippen LogP contribution in [-0.4, -0.2) is 10.1 Å². The molecule has 1 aliphatic rings. The standard InChI is InChI=1S/C24H17ClFN3OS/c25-16-6-10-18(11-7-16)29-23(22(28-24(29)31)19-3-1-2-14-27-19)21-13-12-20(30-21)15-4-8-17(26)9-5-15/h1-14,22-23H,(H,28,31). The molecule has 2 atom stereocenters. The average molecular weight is 450 g/mol. The van der Waals surface area contributed by atoms with Crippen LogP contribution in [0.1, 0.15) is 23.5 Å². The first-order chi connectivity index (χ1) is 15.1. The van der Waals surface area contributed by atoms with Crippen LogP contribution in [0.3, 0.4) is 0 Å². The third-order valence-corrected chi connectivity index (χ3v) is 5.82. The monoisotopic (exact) mass is 449 g/mol. The zero-order valence-corrected chi connectivity index (χ0v) is 17.8. The minimum atomic E-state index is -0.287. The Bertz CT molecular complexity index is 1210. The van der Waals surface area contributed by atoms with Crippen LogP contribution in [0.4, 0.5) is 10.1 Å². The molecule has 0 amide bonds. The zero-order chi connectivity index (χ0) is 21.4. The van der Waals surface area contributed by atoms with Crippen molar-refractivity contribution in [2.75, 3.05) is 4.90 Å². The first kappa shape index (κ1) is 19.7. The largest absolute Gasteiger partial charge is 0.459 e. The van der Waals surface area contributed by atoms with Crippen molar-refractivity contribution in [1.29, 1.82) is 0 Å². The molecule has 0 spiro atoms. The average Bonchev–Trinajstić information content (AvgIpc) is 3.40. The predicted octanol–water partition coefficient (Wildman–Crippen LogP) is 6.31. The van der Waals surface area contributed by atoms with Crippen molar-refractivity contribution in [3.05, 3.63) is 107 Å². The fourth-order valence-corrected chi connectivity index (χ4v) is 4.28. The molecule has 0 aliphatic carbocycles. The number of hydrogen-bond donors (Lipinski definition) is 1. The highest BCUT2D eigenvalue weighted by Crippen LogP contribution is 2.43. The lowest BCUT2D eigenvalue weighted by Gasteiger charge is -2.26. The summed E-state index contributed by atoms with van der Waals surface area (Å²) in [5, 5.41) is 4.61. The van der Waals surface area contributed by atoms with Gasteiger partial charge in [0.25, 0.3) is 0 Å². The Labute approximate surface area is 189 Å². The van der Waals surface area contributed by atoms with Crippen molar-refractivity contribution >= 4 is 34.6 Å². The van der Waals surface area contributed by atoms with Gasteiger partial charge in [0.05, 0.1) is 11.7 Å². The number of furan rings is 1. The van der Waals surface area contributed by atoms with E-state index in [0.29, 0.717) is 15.9 Å². The van der Waals surface area contributed by atoms with Gasteiger partial charge in [-0.25, -0.2) is 4.39 Å². The van der Waals surface area contributed by atoms with E-state index < -0.39 is 0 Å². The zero-order valence-electron chi connectivity index (χ0n) is 16.2. The van der Waals surface area contributed by atoms with Gasteiger partial charge in [0.2, 0.25) is 0 Å². The molecule has 2 aromatic carbocycles. The number of benzene rings is 2. The molecule has 2 aromatic heterocycles. The number of halogens is 2. The Morgan fingerprint density at radius 3 is 2.45 bits per heavy atom. The second-order valence-corrected chi connectivity index (χ2v) is 8.01. The summed E-state index contributed by atoms with van der Waals surface area (Å²) >= 11 is 11.8. The van der Waals surface area contributed by atoms with Gasteiger partial charge in [-0.05, 0) is 85.0 Å². The fraction of sp³-hybridized carbons (Fsp3) is 0.0833. The first-order valence-corrected chi connectivity index (χ1v) is 10.5. The maximum absolute atomic E-state index is 13.3. The lowest BCUT2D eigenvalue weighted by Crippen LogP contribution is -2.29. The number of hydrogen-bond acceptors (Lipinski definition) is 3. The SMILES string of the molecule is Fc1ccc(-c2ccc(C3C(c4ccccn4)NC(=S)N3c3ccc(Cl)cc3)o2)cc1. The van der Waals surface area contributed by atoms with Crippen molar-refractivity contribution in [2.24, 2.45) is 0 Å². The molecular formula is C24H17ClFN3OS. The predicted molar refractivity (Wildman–Crippen MR) is 123 cm³/mol. The highest BCUT2D eigenvalue weighted by Gasteiger charge is 2.42. The van der Waals surface area contributed by atoms with Crippen molar-refractivity contribution in [3.63, 3.8) is 0 Å². The van der Waals surface area contributed by atoms with Gasteiger partial charge in [-0.1, -0.05) is 17.7 Å². The molecule has 1 N–H and O–H groups in total. The van der Waals surface area contributed by atoms with Crippen LogP contribution in [0.2, 0.25) is 5.02 Å². The number of nitrogens with one attached hydrogen (secondary N) is 1. The maximum Gasteiger partial charge on any atom is 0.174 e. The summed E-state index contributed by atoms with van der Waals surface area (Å²) in [6.45, 7) is 0. The van der Waals surface area contributed by atoms with Crippen LogP contribution < -0.4 is 10.2 Å². The van der Waals surface area contributed by atoms with Crippen molar-refractivity contribution < 1.29 is 8.81 Å². The molecular weight excluding hydrogens is 433 g/mol. The van der Waals surface area contributed by atoms with Gasteiger partial charge in [0.1, 0.15) is 23.4 Å². The molecule has 0 bridgehead atoms. The Balaban J connectivity index is 1.59. The first-order valence-electron chi connectivity index (χ1n) is 9.72. The Morgan fingerprint density at radius 1 is 0.968 bits per heavy atom. The van der Waals surface area contributed by atoms with Gasteiger partial charge in [-0.3, -0.25) is 4.98 Å². The van der Waals surface area contributed by atoms with Crippen molar-refractivity contribution in [3.8, 4) is 11.3 Å². The summed E-state index contributed by atoms with van der Waals surface area (Å²) in [6, 6.07) is 22.9. The van der Waals surface area contributed by atoms with Crippen LogP contribution in [-0.2, 0) is 0 Å². The molecule has 7 heteroatoms. The maximum atomic E-state index is 13.3. The highest BCUT2D eigenvalue weighted by atomic mass is 35.5. The topological polar surface area (TPSA) is 41.3 Å². The van der Waals surface area contributed by atoms with E-state index in [1.54, 1.807) is 18.3 Å². The third-order valence-electron chi connectivity index (χ3n) is 5.25. The van der Waals surface area contributed by atoms with E-state index in [0.717, 1.165) is 22.7 Å². The lowest BCUT2D eigenvalue weighted by molar-refractivity contribution is 0.439. The molecule has 4 nitrogen and oxygen atoms in total. The van der Waals surface area contributed by atoms with Crippen molar-refractivity contribution in [2.45, 2.75) is 12.1 Å². The van der Waals surface area contributed by atoms with E-state index in [4.69, 9.17) is 28.2 Å². The number of thiocarbonyl (C=S) groups is 1. The van der Waals surface area contributed by atoms with E-state index in [1.165, 1.54) is 12.1 Å². The molecule has 0 saturated carbocycles. The van der Waals surface area contributed by atoms with Crippen LogP contribution in [0.25, 0.3) is 11.3 Å². The summed E-state index contributed by atoms with van der Waals surface area (Å²) < 4.78 is 19.6. The second-order valence-electron chi connectivity index (χ2n) is 7.18. The van der Waals surface area contributed by atoms with Gasteiger partial charge >= 0.3 is 0 Å². The van der Waals surface area contributed by atoms with Gasteiger partial charge in [0, 0.05) is 22.5 Å². The van der Waals surface area contributed by atoms with Crippen LogP contribution in [0.15, 0.2) is 89.5 Å². The summed E-state index contributed by atoms with van der Waals surface area (Å²) in [5.41, 5.74) is 2.55. The summed E-state index contributed by atoms with van der Waals surface area (Å²) in [7, 11) is 0. The highest BCUT2D eigenvalue weighted by molar-refractivity contribution is 7.80. The van der Waals surface area contributed by atoms with Crippen LogP contribution in [0.5, 0.6) is 0 Å². The summed E-state index contributed by atoms with van der Waals surface area (Å²) in [4.78, 5) is 6.55. The Hall–Kier alpha value is -3.22. The van der Waals surface area contributed by atoms with Crippen LogP contribution in [0, 0.1) is 5.82 Å². The van der Waals surface area contributed by atoms with Crippen LogP contribution >= 0.6 is 23.8 Å². The summed E-state index contributed by atoms with van der Waals surface area (Å²) in [5.74, 6) is 1.09. The number of nitrogens with zero attached hydrogens (tertiary/aromatic N) is 2. The molecule has 154 valence electrons. The molecule has 31 heavy (non-hydrogen) atoms. The smallest absolute Gasteiger partial charge is 0.174 e. The Kier molecular flexibility index (Phi) is 5.18. The molecule has 1 saturated heterocycles. The molecule has 1 fully saturated rings. The molecule has 3 heterocycles. The van der Waals surface area contributed by atoms with Crippen molar-refractivity contribution in [1.82, 2.24) is 10.3 Å². The van der Waals surface area contributed by atoms with E-state index in [9.17, 15) is 4.39 Å². The molecule has 4 aromatic rings. The van der Waals surface area contributed by atoms with Gasteiger partial charge < -0.3 is 14.6 Å². The number of rotatable bonds is 4. The van der Waals surface area contributed by atoms with E-state index >= 15 is 0 Å². The lowest BCUT2D eigenvalue weighted by atomic mass is 10.0. The van der Waals surface area contributed by atoms with Gasteiger partial charge in [-0.2, -0.15) is 0 Å². The summed E-state index contributed by atoms with van der Waals surface area (Å²) in [6.07, 6.45) is 1.76. The van der Waals surface area contributed by atoms with E-state index in [2.05, 4.69) is 10.3 Å². The Morgan fingerprint density at radius 2 is 1.74 bits per heavy atom. The van der Waals surface area contributed by atoms with Gasteiger partial charge in [-0.15, -0.1) is 0 Å². The molecule has 5 rings (SSSR count).